The molecule has 0 bridgehead atoms. The van der Waals surface area contributed by atoms with Crippen LogP contribution in [-0.2, 0) is 22.6 Å². The van der Waals surface area contributed by atoms with Gasteiger partial charge in [-0.1, -0.05) is 53.6 Å². The molecule has 1 N–H and O–H groups in total. The first-order chi connectivity index (χ1) is 11.9. The lowest BCUT2D eigenvalue weighted by Gasteiger charge is -2.28. The molecule has 0 aliphatic rings. The van der Waals surface area contributed by atoms with Crippen LogP contribution < -0.4 is 5.32 Å². The molecular weight excluding hydrogens is 336 g/mol. The van der Waals surface area contributed by atoms with Crippen molar-refractivity contribution in [2.75, 3.05) is 7.05 Å². The van der Waals surface area contributed by atoms with Gasteiger partial charge in [0.1, 0.15) is 6.04 Å². The minimum atomic E-state index is -0.557. The summed E-state index contributed by atoms with van der Waals surface area (Å²) in [6, 6.07) is 14.6. The smallest absolute Gasteiger partial charge is 0.242 e. The van der Waals surface area contributed by atoms with E-state index in [1.807, 2.05) is 43.3 Å². The van der Waals surface area contributed by atoms with Crippen LogP contribution in [0.1, 0.15) is 23.6 Å². The number of rotatable bonds is 6. The maximum absolute atomic E-state index is 12.9. The molecule has 1 atom stereocenters. The summed E-state index contributed by atoms with van der Waals surface area (Å²) in [5, 5.41) is 3.25. The summed E-state index contributed by atoms with van der Waals surface area (Å²) in [5.41, 5.74) is 2.97. The van der Waals surface area contributed by atoms with Crippen LogP contribution in [0.15, 0.2) is 48.5 Å². The fourth-order valence-corrected chi connectivity index (χ4v) is 2.80. The van der Waals surface area contributed by atoms with Gasteiger partial charge in [-0.15, -0.1) is 0 Å². The molecule has 2 amide bonds. The molecular formula is C20H23ClN2O2. The number of amides is 2. The van der Waals surface area contributed by atoms with Gasteiger partial charge in [-0.25, -0.2) is 0 Å². The van der Waals surface area contributed by atoms with E-state index in [1.54, 1.807) is 31.0 Å². The Labute approximate surface area is 153 Å². The van der Waals surface area contributed by atoms with Crippen LogP contribution in [0.4, 0.5) is 0 Å². The summed E-state index contributed by atoms with van der Waals surface area (Å²) < 4.78 is 0. The molecule has 2 rings (SSSR count). The standard InChI is InChI=1S/C20H23ClN2O2/c1-14-5-4-6-17(11-14)12-19(24)23(15(2)20(25)22-3)13-16-7-9-18(21)10-8-16/h4-11,15H,12-13H2,1-3H3,(H,22,25)/t15-/m1/s1. The van der Waals surface area contributed by atoms with Gasteiger partial charge in [0.25, 0.3) is 0 Å². The maximum atomic E-state index is 12.9. The highest BCUT2D eigenvalue weighted by Crippen LogP contribution is 2.15. The number of hydrogen-bond donors (Lipinski definition) is 1. The first kappa shape index (κ1) is 19.0. The molecule has 4 nitrogen and oxygen atoms in total. The number of aryl methyl sites for hydroxylation is 1. The van der Waals surface area contributed by atoms with Crippen molar-refractivity contribution >= 4 is 23.4 Å². The van der Waals surface area contributed by atoms with E-state index in [0.717, 1.165) is 16.7 Å². The molecule has 2 aromatic carbocycles. The van der Waals surface area contributed by atoms with Crippen LogP contribution >= 0.6 is 11.6 Å². The summed E-state index contributed by atoms with van der Waals surface area (Å²) in [6.45, 7) is 4.09. The first-order valence-corrected chi connectivity index (χ1v) is 8.59. The molecule has 5 heteroatoms. The van der Waals surface area contributed by atoms with Crippen LogP contribution in [0.2, 0.25) is 5.02 Å². The van der Waals surface area contributed by atoms with Crippen molar-refractivity contribution in [3.8, 4) is 0 Å². The largest absolute Gasteiger partial charge is 0.357 e. The Bertz CT molecular complexity index is 744. The third-order valence-electron chi connectivity index (χ3n) is 4.12. The number of benzene rings is 2. The molecule has 0 spiro atoms. The monoisotopic (exact) mass is 358 g/mol. The second kappa shape index (κ2) is 8.67. The van der Waals surface area contributed by atoms with Gasteiger partial charge in [-0.3, -0.25) is 9.59 Å². The van der Waals surface area contributed by atoms with Crippen LogP contribution in [0, 0.1) is 6.92 Å². The molecule has 0 fully saturated rings. The highest BCUT2D eigenvalue weighted by Gasteiger charge is 2.25. The minimum absolute atomic E-state index is 0.0864. The second-order valence-electron chi connectivity index (χ2n) is 6.10. The number of carbonyl (C=O) groups excluding carboxylic acids is 2. The zero-order valence-corrected chi connectivity index (χ0v) is 15.5. The van der Waals surface area contributed by atoms with E-state index >= 15 is 0 Å². The second-order valence-corrected chi connectivity index (χ2v) is 6.54. The van der Waals surface area contributed by atoms with Crippen LogP contribution in [0.5, 0.6) is 0 Å². The third kappa shape index (κ3) is 5.33. The average Bonchev–Trinajstić information content (AvgIpc) is 2.59. The normalized spacial score (nSPS) is 11.7. The number of nitrogens with one attached hydrogen (secondary N) is 1. The van der Waals surface area contributed by atoms with Crippen molar-refractivity contribution in [2.24, 2.45) is 0 Å². The minimum Gasteiger partial charge on any atom is -0.357 e. The summed E-state index contributed by atoms with van der Waals surface area (Å²) >= 11 is 5.92. The fourth-order valence-electron chi connectivity index (χ4n) is 2.68. The Kier molecular flexibility index (Phi) is 6.59. The van der Waals surface area contributed by atoms with Crippen LogP contribution in [-0.4, -0.2) is 29.8 Å². The van der Waals surface area contributed by atoms with Crippen molar-refractivity contribution in [1.29, 1.82) is 0 Å². The van der Waals surface area contributed by atoms with Gasteiger partial charge in [0.15, 0.2) is 0 Å². The van der Waals surface area contributed by atoms with E-state index < -0.39 is 6.04 Å². The number of likely N-dealkylation sites (N-methyl/N-ethyl adjacent to an activating group) is 1. The maximum Gasteiger partial charge on any atom is 0.242 e. The predicted molar refractivity (Wildman–Crippen MR) is 100 cm³/mol. The zero-order chi connectivity index (χ0) is 18.4. The molecule has 0 heterocycles. The lowest BCUT2D eigenvalue weighted by atomic mass is 10.1. The molecule has 2 aromatic rings. The number of halogens is 1. The molecule has 0 aliphatic heterocycles. The van der Waals surface area contributed by atoms with Crippen molar-refractivity contribution in [3.63, 3.8) is 0 Å². The highest BCUT2D eigenvalue weighted by atomic mass is 35.5. The lowest BCUT2D eigenvalue weighted by molar-refractivity contribution is -0.139. The summed E-state index contributed by atoms with van der Waals surface area (Å²) in [6.07, 6.45) is 0.261. The van der Waals surface area contributed by atoms with Crippen molar-refractivity contribution < 1.29 is 9.59 Å². The Balaban J connectivity index is 2.21. The molecule has 0 radical (unpaired) electrons. The number of carbonyl (C=O) groups is 2. The van der Waals surface area contributed by atoms with E-state index in [-0.39, 0.29) is 18.2 Å². The molecule has 0 aromatic heterocycles. The van der Waals surface area contributed by atoms with Crippen molar-refractivity contribution in [1.82, 2.24) is 10.2 Å². The Morgan fingerprint density at radius 2 is 1.80 bits per heavy atom. The first-order valence-electron chi connectivity index (χ1n) is 8.21. The van der Waals surface area contributed by atoms with E-state index in [1.165, 1.54) is 0 Å². The molecule has 0 saturated heterocycles. The zero-order valence-electron chi connectivity index (χ0n) is 14.8. The molecule has 0 unspecified atom stereocenters. The predicted octanol–water partition coefficient (Wildman–Crippen LogP) is 3.35. The summed E-state index contributed by atoms with van der Waals surface area (Å²) in [7, 11) is 1.57. The van der Waals surface area contributed by atoms with Gasteiger partial charge in [0, 0.05) is 18.6 Å². The van der Waals surface area contributed by atoms with E-state index in [4.69, 9.17) is 11.6 Å². The van der Waals surface area contributed by atoms with E-state index in [0.29, 0.717) is 11.6 Å². The van der Waals surface area contributed by atoms with Gasteiger partial charge in [-0.05, 0) is 37.1 Å². The lowest BCUT2D eigenvalue weighted by Crippen LogP contribution is -2.47. The Morgan fingerprint density at radius 1 is 1.12 bits per heavy atom. The highest BCUT2D eigenvalue weighted by molar-refractivity contribution is 6.30. The summed E-state index contributed by atoms with van der Waals surface area (Å²) in [4.78, 5) is 26.6. The van der Waals surface area contributed by atoms with Gasteiger partial charge < -0.3 is 10.2 Å². The fraction of sp³-hybridized carbons (Fsp3) is 0.300. The van der Waals surface area contributed by atoms with Gasteiger partial charge in [0.2, 0.25) is 11.8 Å². The van der Waals surface area contributed by atoms with E-state index in [9.17, 15) is 9.59 Å². The quantitative estimate of drug-likeness (QED) is 0.860. The Hall–Kier alpha value is -2.33. The molecule has 132 valence electrons. The van der Waals surface area contributed by atoms with Crippen LogP contribution in [0.3, 0.4) is 0 Å². The van der Waals surface area contributed by atoms with Crippen molar-refractivity contribution in [3.05, 3.63) is 70.2 Å². The average molecular weight is 359 g/mol. The third-order valence-corrected chi connectivity index (χ3v) is 4.37. The van der Waals surface area contributed by atoms with Gasteiger partial charge >= 0.3 is 0 Å². The molecule has 0 saturated carbocycles. The Morgan fingerprint density at radius 3 is 2.40 bits per heavy atom. The molecule has 25 heavy (non-hydrogen) atoms. The van der Waals surface area contributed by atoms with Gasteiger partial charge in [0.05, 0.1) is 6.42 Å². The summed E-state index contributed by atoms with van der Waals surface area (Å²) in [5.74, 6) is -0.275. The topological polar surface area (TPSA) is 49.4 Å². The number of nitrogens with zero attached hydrogens (tertiary/aromatic N) is 1. The molecule has 0 aliphatic carbocycles. The van der Waals surface area contributed by atoms with Crippen LogP contribution in [0.25, 0.3) is 0 Å². The number of hydrogen-bond acceptors (Lipinski definition) is 2. The van der Waals surface area contributed by atoms with E-state index in [2.05, 4.69) is 5.32 Å². The SMILES string of the molecule is CNC(=O)[C@@H](C)N(Cc1ccc(Cl)cc1)C(=O)Cc1cccc(C)c1. The van der Waals surface area contributed by atoms with Crippen molar-refractivity contribution in [2.45, 2.75) is 32.9 Å². The van der Waals surface area contributed by atoms with Gasteiger partial charge in [-0.2, -0.15) is 0 Å².